The van der Waals surface area contributed by atoms with E-state index in [2.05, 4.69) is 10.6 Å². The number of amides is 1. The lowest BCUT2D eigenvalue weighted by atomic mass is 10.1. The third-order valence-electron chi connectivity index (χ3n) is 4.44. The maximum Gasteiger partial charge on any atom is 0.250 e. The number of benzene rings is 2. The molecule has 0 aliphatic rings. The average Bonchev–Trinajstić information content (AvgIpc) is 2.73. The molecular weight excluding hydrogens is 430 g/mol. The molecular formula is C23H29N3O3S2. The van der Waals surface area contributed by atoms with Crippen LogP contribution in [0.2, 0.25) is 0 Å². The van der Waals surface area contributed by atoms with Crippen LogP contribution < -0.4 is 10.6 Å². The predicted octanol–water partition coefficient (Wildman–Crippen LogP) is 4.33. The van der Waals surface area contributed by atoms with Crippen LogP contribution in [0.5, 0.6) is 0 Å². The highest BCUT2D eigenvalue weighted by Gasteiger charge is 2.22. The van der Waals surface area contributed by atoms with E-state index in [-0.39, 0.29) is 15.9 Å². The van der Waals surface area contributed by atoms with E-state index < -0.39 is 10.0 Å². The zero-order valence-electron chi connectivity index (χ0n) is 18.1. The molecule has 0 aliphatic heterocycles. The number of nitrogens with one attached hydrogen (secondary N) is 2. The van der Waals surface area contributed by atoms with Crippen LogP contribution in [0.3, 0.4) is 0 Å². The number of carbonyl (C=O) groups is 1. The van der Waals surface area contributed by atoms with Gasteiger partial charge in [0.05, 0.1) is 4.90 Å². The van der Waals surface area contributed by atoms with Crippen molar-refractivity contribution in [3.63, 3.8) is 0 Å². The minimum absolute atomic E-state index is 0.132. The Morgan fingerprint density at radius 3 is 2.13 bits per heavy atom. The van der Waals surface area contributed by atoms with E-state index in [0.717, 1.165) is 24.0 Å². The monoisotopic (exact) mass is 459 g/mol. The third kappa shape index (κ3) is 7.57. The number of thiocarbonyl (C=S) groups is 1. The number of sulfonamides is 1. The van der Waals surface area contributed by atoms with Gasteiger partial charge in [0.2, 0.25) is 15.9 Å². The van der Waals surface area contributed by atoms with E-state index in [0.29, 0.717) is 18.8 Å². The van der Waals surface area contributed by atoms with Gasteiger partial charge in [-0.05, 0) is 67.9 Å². The van der Waals surface area contributed by atoms with Crippen LogP contribution in [0.4, 0.5) is 5.69 Å². The first-order chi connectivity index (χ1) is 14.8. The van der Waals surface area contributed by atoms with Crippen molar-refractivity contribution in [1.29, 1.82) is 0 Å². The SMILES string of the molecule is CCCN(CCC)S(=O)(=O)c1ccc(NC(=S)NC(=O)C=Cc2ccc(C)cc2)cc1. The van der Waals surface area contributed by atoms with Crippen molar-refractivity contribution >= 4 is 45.0 Å². The molecule has 0 saturated heterocycles. The normalized spacial score (nSPS) is 11.6. The highest BCUT2D eigenvalue weighted by molar-refractivity contribution is 7.89. The maximum atomic E-state index is 12.8. The Kier molecular flexibility index (Phi) is 9.36. The molecule has 0 atom stereocenters. The smallest absolute Gasteiger partial charge is 0.250 e. The first-order valence-corrected chi connectivity index (χ1v) is 12.1. The Balaban J connectivity index is 1.96. The van der Waals surface area contributed by atoms with Gasteiger partial charge in [0, 0.05) is 24.9 Å². The summed E-state index contributed by atoms with van der Waals surface area (Å²) < 4.78 is 27.1. The van der Waals surface area contributed by atoms with Crippen molar-refractivity contribution in [2.45, 2.75) is 38.5 Å². The van der Waals surface area contributed by atoms with Crippen molar-refractivity contribution in [2.75, 3.05) is 18.4 Å². The summed E-state index contributed by atoms with van der Waals surface area (Å²) in [6, 6.07) is 14.1. The van der Waals surface area contributed by atoms with E-state index in [4.69, 9.17) is 12.2 Å². The van der Waals surface area contributed by atoms with Crippen LogP contribution in [-0.4, -0.2) is 36.8 Å². The molecule has 0 unspecified atom stereocenters. The van der Waals surface area contributed by atoms with E-state index in [1.54, 1.807) is 18.2 Å². The Morgan fingerprint density at radius 1 is 1.00 bits per heavy atom. The Labute approximate surface area is 190 Å². The first kappa shape index (κ1) is 24.7. The summed E-state index contributed by atoms with van der Waals surface area (Å²) in [6.45, 7) is 6.89. The van der Waals surface area contributed by atoms with Crippen LogP contribution in [-0.2, 0) is 14.8 Å². The Morgan fingerprint density at radius 2 is 1.58 bits per heavy atom. The molecule has 2 aromatic rings. The number of hydrogen-bond acceptors (Lipinski definition) is 4. The van der Waals surface area contributed by atoms with Gasteiger partial charge in [0.15, 0.2) is 5.11 Å². The molecule has 0 saturated carbocycles. The summed E-state index contributed by atoms with van der Waals surface area (Å²) in [5.41, 5.74) is 2.65. The van der Waals surface area contributed by atoms with Gasteiger partial charge < -0.3 is 5.32 Å². The molecule has 1 amide bonds. The molecule has 0 radical (unpaired) electrons. The number of anilines is 1. The van der Waals surface area contributed by atoms with Crippen LogP contribution in [0.25, 0.3) is 6.08 Å². The van der Waals surface area contributed by atoms with E-state index in [1.165, 1.54) is 22.5 Å². The van der Waals surface area contributed by atoms with Gasteiger partial charge >= 0.3 is 0 Å². The van der Waals surface area contributed by atoms with E-state index in [1.807, 2.05) is 45.0 Å². The van der Waals surface area contributed by atoms with Crippen LogP contribution in [0.1, 0.15) is 37.8 Å². The molecule has 6 nitrogen and oxygen atoms in total. The summed E-state index contributed by atoms with van der Waals surface area (Å²) in [6.07, 6.45) is 4.62. The van der Waals surface area contributed by atoms with Gasteiger partial charge in [-0.2, -0.15) is 4.31 Å². The second kappa shape index (κ2) is 11.7. The number of hydrogen-bond donors (Lipinski definition) is 2. The van der Waals surface area contributed by atoms with Gasteiger partial charge in [-0.1, -0.05) is 43.7 Å². The molecule has 2 N–H and O–H groups in total. The fourth-order valence-corrected chi connectivity index (χ4v) is 4.72. The lowest BCUT2D eigenvalue weighted by Gasteiger charge is -2.21. The zero-order chi connectivity index (χ0) is 22.9. The zero-order valence-corrected chi connectivity index (χ0v) is 19.7. The molecule has 0 spiro atoms. The summed E-state index contributed by atoms with van der Waals surface area (Å²) in [7, 11) is -3.53. The second-order valence-corrected chi connectivity index (χ2v) is 9.46. The molecule has 0 aromatic heterocycles. The predicted molar refractivity (Wildman–Crippen MR) is 130 cm³/mol. The third-order valence-corrected chi connectivity index (χ3v) is 6.55. The van der Waals surface area contributed by atoms with Gasteiger partial charge in [0.1, 0.15) is 0 Å². The summed E-state index contributed by atoms with van der Waals surface area (Å²) in [4.78, 5) is 12.3. The average molecular weight is 460 g/mol. The van der Waals surface area contributed by atoms with E-state index in [9.17, 15) is 13.2 Å². The second-order valence-electron chi connectivity index (χ2n) is 7.12. The van der Waals surface area contributed by atoms with Crippen molar-refractivity contribution < 1.29 is 13.2 Å². The fourth-order valence-electron chi connectivity index (χ4n) is 2.88. The van der Waals surface area contributed by atoms with Crippen LogP contribution in [0.15, 0.2) is 59.5 Å². The topological polar surface area (TPSA) is 78.5 Å². The van der Waals surface area contributed by atoms with Crippen molar-refractivity contribution in [3.8, 4) is 0 Å². The molecule has 0 bridgehead atoms. The molecule has 2 rings (SSSR count). The van der Waals surface area contributed by atoms with Gasteiger partial charge in [0.25, 0.3) is 0 Å². The molecule has 0 aliphatic carbocycles. The summed E-state index contributed by atoms with van der Waals surface area (Å²) in [5, 5.41) is 5.60. The maximum absolute atomic E-state index is 12.8. The standard InChI is InChI=1S/C23H29N3O3S2/c1-4-16-26(17-5-2)31(28,29)21-13-11-20(12-14-21)24-23(30)25-22(27)15-10-19-8-6-18(3)7-9-19/h6-15H,4-5,16-17H2,1-3H3,(H2,24,25,27,30). The van der Waals surface area contributed by atoms with Crippen molar-refractivity contribution in [2.24, 2.45) is 0 Å². The molecule has 0 heterocycles. The molecule has 31 heavy (non-hydrogen) atoms. The number of carbonyl (C=O) groups excluding carboxylic acids is 1. The van der Waals surface area contributed by atoms with Gasteiger partial charge in [-0.15, -0.1) is 0 Å². The van der Waals surface area contributed by atoms with Crippen LogP contribution >= 0.6 is 12.2 Å². The number of nitrogens with zero attached hydrogens (tertiary/aromatic N) is 1. The van der Waals surface area contributed by atoms with Gasteiger partial charge in [-0.25, -0.2) is 8.42 Å². The molecule has 0 fully saturated rings. The van der Waals surface area contributed by atoms with Crippen LogP contribution in [0, 0.1) is 6.92 Å². The number of rotatable bonds is 9. The van der Waals surface area contributed by atoms with Crippen molar-refractivity contribution in [1.82, 2.24) is 9.62 Å². The fraction of sp³-hybridized carbons (Fsp3) is 0.304. The lowest BCUT2D eigenvalue weighted by molar-refractivity contribution is -0.115. The quantitative estimate of drug-likeness (QED) is 0.431. The highest BCUT2D eigenvalue weighted by atomic mass is 32.2. The lowest BCUT2D eigenvalue weighted by Crippen LogP contribution is -2.33. The summed E-state index contributed by atoms with van der Waals surface area (Å²) >= 11 is 5.17. The molecule has 2 aromatic carbocycles. The Hall–Kier alpha value is -2.55. The van der Waals surface area contributed by atoms with E-state index >= 15 is 0 Å². The first-order valence-electron chi connectivity index (χ1n) is 10.2. The van der Waals surface area contributed by atoms with Crippen molar-refractivity contribution in [3.05, 3.63) is 65.7 Å². The van der Waals surface area contributed by atoms with Gasteiger partial charge in [-0.3, -0.25) is 10.1 Å². The largest absolute Gasteiger partial charge is 0.332 e. The Bertz CT molecular complexity index is 1010. The summed E-state index contributed by atoms with van der Waals surface area (Å²) in [5.74, 6) is -0.355. The molecule has 166 valence electrons. The highest BCUT2D eigenvalue weighted by Crippen LogP contribution is 2.19. The molecule has 8 heteroatoms. The minimum Gasteiger partial charge on any atom is -0.332 e. The number of aryl methyl sites for hydroxylation is 1. The minimum atomic E-state index is -3.53.